The second kappa shape index (κ2) is 6.12. The highest BCUT2D eigenvalue weighted by molar-refractivity contribution is 7.98. The van der Waals surface area contributed by atoms with Crippen molar-refractivity contribution in [3.05, 3.63) is 35.6 Å². The van der Waals surface area contributed by atoms with Crippen molar-refractivity contribution in [2.24, 2.45) is 0 Å². The molecule has 0 amide bonds. The largest absolute Gasteiger partial charge is 0.475 e. The van der Waals surface area contributed by atoms with Gasteiger partial charge in [-0.3, -0.25) is 0 Å². The molecule has 19 heavy (non-hydrogen) atoms. The first-order chi connectivity index (χ1) is 9.10. The molecule has 5 heteroatoms. The number of aromatic carboxylic acids is 1. The fraction of sp³-hybridized carbons (Fsp3) is 0.357. The summed E-state index contributed by atoms with van der Waals surface area (Å²) in [6.45, 7) is 1.88. The number of carbonyl (C=O) groups is 1. The first kappa shape index (κ1) is 14.0. The maximum absolute atomic E-state index is 10.8. The standard InChI is InChI=1S/C14H17NO3S/c1-15(5-6-19-2)9-10-3-4-12-11(7-10)8-13(18-12)14(16)17/h3-4,7-8H,5-6,9H2,1-2H3,(H,16,17). The number of fused-ring (bicyclic) bond motifs is 1. The molecule has 1 heterocycles. The van der Waals surface area contributed by atoms with Crippen LogP contribution in [0.2, 0.25) is 0 Å². The van der Waals surface area contributed by atoms with E-state index in [1.807, 2.05) is 30.0 Å². The highest BCUT2D eigenvalue weighted by atomic mass is 32.2. The highest BCUT2D eigenvalue weighted by Crippen LogP contribution is 2.21. The summed E-state index contributed by atoms with van der Waals surface area (Å²) in [5.74, 6) is 0.0610. The van der Waals surface area contributed by atoms with E-state index >= 15 is 0 Å². The van der Waals surface area contributed by atoms with E-state index in [0.717, 1.165) is 29.8 Å². The van der Waals surface area contributed by atoms with Gasteiger partial charge in [-0.1, -0.05) is 6.07 Å². The molecule has 0 bridgehead atoms. The molecular weight excluding hydrogens is 262 g/mol. The van der Waals surface area contributed by atoms with Gasteiger partial charge in [0.1, 0.15) is 5.58 Å². The van der Waals surface area contributed by atoms with Crippen molar-refractivity contribution in [3.63, 3.8) is 0 Å². The third-order valence-corrected chi connectivity index (χ3v) is 3.51. The second-order valence-electron chi connectivity index (χ2n) is 4.52. The van der Waals surface area contributed by atoms with Crippen molar-refractivity contribution >= 4 is 28.7 Å². The van der Waals surface area contributed by atoms with E-state index in [9.17, 15) is 4.79 Å². The molecule has 0 fully saturated rings. The van der Waals surface area contributed by atoms with E-state index in [1.165, 1.54) is 0 Å². The fourth-order valence-electron chi connectivity index (χ4n) is 1.93. The minimum absolute atomic E-state index is 0.0112. The monoisotopic (exact) mass is 279 g/mol. The zero-order chi connectivity index (χ0) is 13.8. The molecule has 0 spiro atoms. The van der Waals surface area contributed by atoms with Crippen LogP contribution < -0.4 is 0 Å². The molecule has 2 aromatic rings. The number of nitrogens with zero attached hydrogens (tertiary/aromatic N) is 1. The van der Waals surface area contributed by atoms with Crippen molar-refractivity contribution in [3.8, 4) is 0 Å². The summed E-state index contributed by atoms with van der Waals surface area (Å²) in [5.41, 5.74) is 1.78. The molecule has 102 valence electrons. The van der Waals surface area contributed by atoms with Gasteiger partial charge in [0.25, 0.3) is 0 Å². The maximum Gasteiger partial charge on any atom is 0.371 e. The number of carboxylic acid groups (broad SMARTS) is 1. The lowest BCUT2D eigenvalue weighted by Gasteiger charge is -2.15. The van der Waals surface area contributed by atoms with Gasteiger partial charge in [-0.05, 0) is 37.1 Å². The van der Waals surface area contributed by atoms with Crippen molar-refractivity contribution in [2.45, 2.75) is 6.54 Å². The van der Waals surface area contributed by atoms with Crippen molar-refractivity contribution in [1.82, 2.24) is 4.90 Å². The predicted molar refractivity (Wildman–Crippen MR) is 77.9 cm³/mol. The molecule has 0 aliphatic heterocycles. The summed E-state index contributed by atoms with van der Waals surface area (Å²) < 4.78 is 5.24. The van der Waals surface area contributed by atoms with Gasteiger partial charge < -0.3 is 14.4 Å². The zero-order valence-corrected chi connectivity index (χ0v) is 11.9. The van der Waals surface area contributed by atoms with Crippen LogP contribution in [0.1, 0.15) is 16.1 Å². The number of thioether (sulfide) groups is 1. The predicted octanol–water partition coefficient (Wildman–Crippen LogP) is 2.93. The molecule has 0 saturated heterocycles. The summed E-state index contributed by atoms with van der Waals surface area (Å²) in [6.07, 6.45) is 2.10. The van der Waals surface area contributed by atoms with Gasteiger partial charge >= 0.3 is 5.97 Å². The fourth-order valence-corrected chi connectivity index (χ4v) is 2.43. The Bertz CT molecular complexity index is 579. The van der Waals surface area contributed by atoms with E-state index in [2.05, 4.69) is 18.2 Å². The average Bonchev–Trinajstić information content (AvgIpc) is 2.79. The van der Waals surface area contributed by atoms with E-state index in [-0.39, 0.29) is 5.76 Å². The Kier molecular flexibility index (Phi) is 4.50. The van der Waals surface area contributed by atoms with Crippen LogP contribution in [0.5, 0.6) is 0 Å². The van der Waals surface area contributed by atoms with Crippen molar-refractivity contribution < 1.29 is 14.3 Å². The van der Waals surface area contributed by atoms with Crippen LogP contribution in [0, 0.1) is 0 Å². The lowest BCUT2D eigenvalue weighted by atomic mass is 10.1. The maximum atomic E-state index is 10.8. The van der Waals surface area contributed by atoms with Gasteiger partial charge in [0, 0.05) is 24.2 Å². The third-order valence-electron chi connectivity index (χ3n) is 2.92. The van der Waals surface area contributed by atoms with Crippen LogP contribution in [0.15, 0.2) is 28.7 Å². The number of rotatable bonds is 6. The van der Waals surface area contributed by atoms with Gasteiger partial charge in [-0.25, -0.2) is 4.79 Å². The Hall–Kier alpha value is -1.46. The highest BCUT2D eigenvalue weighted by Gasteiger charge is 2.11. The van der Waals surface area contributed by atoms with E-state index in [0.29, 0.717) is 5.58 Å². The van der Waals surface area contributed by atoms with Gasteiger partial charge in [-0.15, -0.1) is 0 Å². The van der Waals surface area contributed by atoms with Gasteiger partial charge in [-0.2, -0.15) is 11.8 Å². The number of benzene rings is 1. The Balaban J connectivity index is 2.14. The molecular formula is C14H17NO3S. The van der Waals surface area contributed by atoms with E-state index < -0.39 is 5.97 Å². The molecule has 0 aliphatic rings. The minimum atomic E-state index is -1.03. The number of furan rings is 1. The van der Waals surface area contributed by atoms with E-state index in [1.54, 1.807) is 6.07 Å². The first-order valence-electron chi connectivity index (χ1n) is 6.03. The summed E-state index contributed by atoms with van der Waals surface area (Å²) in [5, 5.41) is 9.73. The van der Waals surface area contributed by atoms with Crippen LogP contribution in [-0.4, -0.2) is 41.6 Å². The molecule has 1 N–H and O–H groups in total. The molecule has 0 radical (unpaired) electrons. The normalized spacial score (nSPS) is 11.3. The van der Waals surface area contributed by atoms with Gasteiger partial charge in [0.2, 0.25) is 5.76 Å². The smallest absolute Gasteiger partial charge is 0.371 e. The minimum Gasteiger partial charge on any atom is -0.475 e. The molecule has 0 saturated carbocycles. The lowest BCUT2D eigenvalue weighted by Crippen LogP contribution is -2.20. The molecule has 4 nitrogen and oxygen atoms in total. The number of hydrogen-bond donors (Lipinski definition) is 1. The van der Waals surface area contributed by atoms with Crippen molar-refractivity contribution in [2.75, 3.05) is 25.6 Å². The molecule has 2 rings (SSSR count). The lowest BCUT2D eigenvalue weighted by molar-refractivity contribution is 0.0665. The summed E-state index contributed by atoms with van der Waals surface area (Å²) in [4.78, 5) is 13.1. The molecule has 0 atom stereocenters. The van der Waals surface area contributed by atoms with Crippen LogP contribution >= 0.6 is 11.8 Å². The molecule has 1 aromatic carbocycles. The average molecular weight is 279 g/mol. The Morgan fingerprint density at radius 2 is 2.21 bits per heavy atom. The zero-order valence-electron chi connectivity index (χ0n) is 11.0. The first-order valence-corrected chi connectivity index (χ1v) is 7.43. The molecule has 0 unspecified atom stereocenters. The number of carboxylic acids is 1. The summed E-state index contributed by atoms with van der Waals surface area (Å²) in [6, 6.07) is 7.37. The topological polar surface area (TPSA) is 53.7 Å². The van der Waals surface area contributed by atoms with Crippen LogP contribution in [0.3, 0.4) is 0 Å². The third kappa shape index (κ3) is 3.52. The Morgan fingerprint density at radius 1 is 1.42 bits per heavy atom. The molecule has 1 aromatic heterocycles. The second-order valence-corrected chi connectivity index (χ2v) is 5.50. The van der Waals surface area contributed by atoms with Crippen LogP contribution in [0.25, 0.3) is 11.0 Å². The Labute approximate surface area is 116 Å². The summed E-state index contributed by atoms with van der Waals surface area (Å²) >= 11 is 1.83. The van der Waals surface area contributed by atoms with Crippen LogP contribution in [0.4, 0.5) is 0 Å². The SMILES string of the molecule is CSCCN(C)Cc1ccc2oc(C(=O)O)cc2c1. The van der Waals surface area contributed by atoms with Crippen molar-refractivity contribution in [1.29, 1.82) is 0 Å². The van der Waals surface area contributed by atoms with E-state index in [4.69, 9.17) is 9.52 Å². The van der Waals surface area contributed by atoms with Crippen LogP contribution in [-0.2, 0) is 6.54 Å². The quantitative estimate of drug-likeness (QED) is 0.881. The molecule has 0 aliphatic carbocycles. The van der Waals surface area contributed by atoms with Gasteiger partial charge in [0.15, 0.2) is 0 Å². The van der Waals surface area contributed by atoms with Gasteiger partial charge in [0.05, 0.1) is 0 Å². The Morgan fingerprint density at radius 3 is 2.89 bits per heavy atom. The number of hydrogen-bond acceptors (Lipinski definition) is 4. The summed E-state index contributed by atoms with van der Waals surface area (Å²) in [7, 11) is 2.08.